The summed E-state index contributed by atoms with van der Waals surface area (Å²) < 4.78 is 6.23. The van der Waals surface area contributed by atoms with Gasteiger partial charge in [0.1, 0.15) is 0 Å². The van der Waals surface area contributed by atoms with Crippen molar-refractivity contribution in [3.63, 3.8) is 0 Å². The van der Waals surface area contributed by atoms with Crippen LogP contribution in [0.1, 0.15) is 59.3 Å². The van der Waals surface area contributed by atoms with Gasteiger partial charge in [-0.05, 0) is 62.8 Å². The number of nitrogens with one attached hydrogen (secondary N) is 1. The molecule has 2 nitrogen and oxygen atoms in total. The first-order valence-electron chi connectivity index (χ1n) is 8.05. The third-order valence-corrected chi connectivity index (χ3v) is 4.67. The Bertz CT molecular complexity index is 237. The maximum atomic E-state index is 6.23. The molecule has 0 aliphatic heterocycles. The van der Waals surface area contributed by atoms with E-state index >= 15 is 0 Å². The molecule has 0 aromatic heterocycles. The van der Waals surface area contributed by atoms with E-state index in [2.05, 4.69) is 26.1 Å². The van der Waals surface area contributed by atoms with Crippen LogP contribution in [-0.2, 0) is 4.74 Å². The van der Waals surface area contributed by atoms with Crippen LogP contribution in [0, 0.1) is 17.8 Å². The molecule has 3 atom stereocenters. The summed E-state index contributed by atoms with van der Waals surface area (Å²) in [4.78, 5) is 0. The molecule has 2 heteroatoms. The lowest BCUT2D eigenvalue weighted by molar-refractivity contribution is -0.0210. The average molecular weight is 253 g/mol. The Hall–Kier alpha value is -0.0800. The molecular formula is C16H31NO. The molecular weight excluding hydrogens is 222 g/mol. The first-order chi connectivity index (χ1) is 8.70. The van der Waals surface area contributed by atoms with Crippen molar-refractivity contribution in [2.75, 3.05) is 13.2 Å². The molecule has 0 aromatic carbocycles. The van der Waals surface area contributed by atoms with E-state index in [1.807, 2.05) is 0 Å². The third-order valence-electron chi connectivity index (χ3n) is 4.67. The summed E-state index contributed by atoms with van der Waals surface area (Å²) in [5, 5.41) is 3.70. The second kappa shape index (κ2) is 6.91. The molecule has 3 unspecified atom stereocenters. The van der Waals surface area contributed by atoms with Crippen LogP contribution in [0.4, 0.5) is 0 Å². The summed E-state index contributed by atoms with van der Waals surface area (Å²) in [6, 6.07) is 0.610. The van der Waals surface area contributed by atoms with Gasteiger partial charge in [-0.3, -0.25) is 0 Å². The summed E-state index contributed by atoms with van der Waals surface area (Å²) in [6.07, 6.45) is 8.44. The van der Waals surface area contributed by atoms with E-state index in [-0.39, 0.29) is 0 Å². The van der Waals surface area contributed by atoms with Crippen LogP contribution in [0.2, 0.25) is 0 Å². The number of rotatable bonds is 7. The summed E-state index contributed by atoms with van der Waals surface area (Å²) in [6.45, 7) is 9.12. The zero-order chi connectivity index (χ0) is 13.0. The van der Waals surface area contributed by atoms with E-state index in [0.29, 0.717) is 12.1 Å². The molecule has 2 fully saturated rings. The van der Waals surface area contributed by atoms with Crippen LogP contribution in [0.15, 0.2) is 0 Å². The van der Waals surface area contributed by atoms with Gasteiger partial charge in [0.2, 0.25) is 0 Å². The monoisotopic (exact) mass is 253 g/mol. The topological polar surface area (TPSA) is 21.3 Å². The predicted octanol–water partition coefficient (Wildman–Crippen LogP) is 3.61. The maximum absolute atomic E-state index is 6.23. The molecule has 2 aliphatic carbocycles. The molecule has 0 amide bonds. The van der Waals surface area contributed by atoms with Gasteiger partial charge in [-0.1, -0.05) is 20.8 Å². The van der Waals surface area contributed by atoms with Gasteiger partial charge in [0, 0.05) is 12.6 Å². The van der Waals surface area contributed by atoms with Crippen molar-refractivity contribution in [1.82, 2.24) is 5.32 Å². The summed E-state index contributed by atoms with van der Waals surface area (Å²) in [5.41, 5.74) is 0. The van der Waals surface area contributed by atoms with Gasteiger partial charge >= 0.3 is 0 Å². The van der Waals surface area contributed by atoms with Crippen molar-refractivity contribution < 1.29 is 4.74 Å². The largest absolute Gasteiger partial charge is 0.376 e. The van der Waals surface area contributed by atoms with Gasteiger partial charge in [-0.2, -0.15) is 0 Å². The normalized spacial score (nSPS) is 33.0. The second-order valence-electron chi connectivity index (χ2n) is 6.69. The average Bonchev–Trinajstić information content (AvgIpc) is 3.18. The fourth-order valence-corrected chi connectivity index (χ4v) is 3.06. The highest BCUT2D eigenvalue weighted by Gasteiger charge is 2.33. The summed E-state index contributed by atoms with van der Waals surface area (Å²) in [7, 11) is 0. The number of hydrogen-bond acceptors (Lipinski definition) is 2. The SMILES string of the molecule is CCCNC1CCC(C(C)C)CC1OCC1CC1. The van der Waals surface area contributed by atoms with E-state index in [9.17, 15) is 0 Å². The van der Waals surface area contributed by atoms with Crippen LogP contribution in [0.25, 0.3) is 0 Å². The molecule has 0 radical (unpaired) electrons. The Labute approximate surface area is 113 Å². The fourth-order valence-electron chi connectivity index (χ4n) is 3.06. The fraction of sp³-hybridized carbons (Fsp3) is 1.00. The molecule has 106 valence electrons. The minimum Gasteiger partial charge on any atom is -0.376 e. The van der Waals surface area contributed by atoms with Gasteiger partial charge < -0.3 is 10.1 Å². The van der Waals surface area contributed by atoms with E-state index in [1.54, 1.807) is 0 Å². The Kier molecular flexibility index (Phi) is 5.50. The summed E-state index contributed by atoms with van der Waals surface area (Å²) >= 11 is 0. The third kappa shape index (κ3) is 4.24. The van der Waals surface area contributed by atoms with E-state index in [4.69, 9.17) is 4.74 Å². The quantitative estimate of drug-likeness (QED) is 0.748. The minimum absolute atomic E-state index is 0.471. The lowest BCUT2D eigenvalue weighted by Gasteiger charge is -2.38. The van der Waals surface area contributed by atoms with Crippen LogP contribution in [0.5, 0.6) is 0 Å². The maximum Gasteiger partial charge on any atom is 0.0730 e. The highest BCUT2D eigenvalue weighted by Crippen LogP contribution is 2.34. The number of ether oxygens (including phenoxy) is 1. The molecule has 2 saturated carbocycles. The molecule has 18 heavy (non-hydrogen) atoms. The lowest BCUT2D eigenvalue weighted by Crippen LogP contribution is -2.46. The van der Waals surface area contributed by atoms with Crippen molar-refractivity contribution in [3.8, 4) is 0 Å². The highest BCUT2D eigenvalue weighted by molar-refractivity contribution is 4.87. The predicted molar refractivity (Wildman–Crippen MR) is 76.7 cm³/mol. The van der Waals surface area contributed by atoms with Gasteiger partial charge in [0.05, 0.1) is 6.10 Å². The van der Waals surface area contributed by atoms with Gasteiger partial charge in [-0.25, -0.2) is 0 Å². The molecule has 2 rings (SSSR count). The zero-order valence-corrected chi connectivity index (χ0v) is 12.5. The second-order valence-corrected chi connectivity index (χ2v) is 6.69. The van der Waals surface area contributed by atoms with Crippen molar-refractivity contribution in [3.05, 3.63) is 0 Å². The van der Waals surface area contributed by atoms with Crippen LogP contribution >= 0.6 is 0 Å². The smallest absolute Gasteiger partial charge is 0.0730 e. The standard InChI is InChI=1S/C16H31NO/c1-4-9-17-15-8-7-14(12(2)3)10-16(15)18-11-13-5-6-13/h12-17H,4-11H2,1-3H3. The van der Waals surface area contributed by atoms with E-state index in [0.717, 1.165) is 30.9 Å². The van der Waals surface area contributed by atoms with Gasteiger partial charge in [-0.15, -0.1) is 0 Å². The molecule has 0 heterocycles. The minimum atomic E-state index is 0.471. The first kappa shape index (κ1) is 14.3. The lowest BCUT2D eigenvalue weighted by atomic mass is 9.78. The van der Waals surface area contributed by atoms with Crippen LogP contribution in [-0.4, -0.2) is 25.3 Å². The van der Waals surface area contributed by atoms with Crippen molar-refractivity contribution >= 4 is 0 Å². The molecule has 2 aliphatic rings. The Morgan fingerprint density at radius 1 is 1.17 bits per heavy atom. The molecule has 1 N–H and O–H groups in total. The van der Waals surface area contributed by atoms with E-state index < -0.39 is 0 Å². The molecule has 0 bridgehead atoms. The van der Waals surface area contributed by atoms with Gasteiger partial charge in [0.25, 0.3) is 0 Å². The Balaban J connectivity index is 1.82. The Morgan fingerprint density at radius 2 is 1.94 bits per heavy atom. The van der Waals surface area contributed by atoms with Gasteiger partial charge in [0.15, 0.2) is 0 Å². The van der Waals surface area contributed by atoms with Crippen molar-refractivity contribution in [2.45, 2.75) is 71.4 Å². The molecule has 0 spiro atoms. The zero-order valence-electron chi connectivity index (χ0n) is 12.5. The molecule has 0 aromatic rings. The van der Waals surface area contributed by atoms with Crippen molar-refractivity contribution in [2.24, 2.45) is 17.8 Å². The van der Waals surface area contributed by atoms with E-state index in [1.165, 1.54) is 38.5 Å². The summed E-state index contributed by atoms with van der Waals surface area (Å²) in [5.74, 6) is 2.56. The Morgan fingerprint density at radius 3 is 2.56 bits per heavy atom. The van der Waals surface area contributed by atoms with Crippen LogP contribution < -0.4 is 5.32 Å². The van der Waals surface area contributed by atoms with Crippen molar-refractivity contribution in [1.29, 1.82) is 0 Å². The number of hydrogen-bond donors (Lipinski definition) is 1. The molecule has 0 saturated heterocycles. The first-order valence-corrected chi connectivity index (χ1v) is 8.05. The highest BCUT2D eigenvalue weighted by atomic mass is 16.5. The van der Waals surface area contributed by atoms with Crippen LogP contribution in [0.3, 0.4) is 0 Å².